The van der Waals surface area contributed by atoms with Crippen LogP contribution in [0.1, 0.15) is 27.7 Å². The fourth-order valence-corrected chi connectivity index (χ4v) is 2.24. The summed E-state index contributed by atoms with van der Waals surface area (Å²) in [5, 5.41) is 19.9. The molecule has 1 rings (SSSR count). The highest BCUT2D eigenvalue weighted by molar-refractivity contribution is 5.84. The lowest BCUT2D eigenvalue weighted by Gasteiger charge is -2.08. The molecule has 16 heavy (non-hydrogen) atoms. The number of aliphatic carboxylic acids is 1. The van der Waals surface area contributed by atoms with Crippen LogP contribution in [-0.4, -0.2) is 34.7 Å². The van der Waals surface area contributed by atoms with E-state index in [-0.39, 0.29) is 29.2 Å². The normalized spacial score (nSPS) is 23.6. The Morgan fingerprint density at radius 2 is 1.69 bits per heavy atom. The summed E-state index contributed by atoms with van der Waals surface area (Å²) in [6, 6.07) is 0. The Balaban J connectivity index is 2.48. The zero-order chi connectivity index (χ0) is 12.7. The first-order chi connectivity index (χ1) is 7.12. The van der Waals surface area contributed by atoms with Crippen molar-refractivity contribution in [3.05, 3.63) is 0 Å². The largest absolute Gasteiger partial charge is 0.479 e. The molecule has 1 aliphatic carbocycles. The Morgan fingerprint density at radius 3 is 2.00 bits per heavy atom. The molecular formula is C11H19NO4. The van der Waals surface area contributed by atoms with Crippen LogP contribution in [0.5, 0.6) is 0 Å². The molecule has 1 atom stereocenters. The number of aliphatic hydroxyl groups is 1. The summed E-state index contributed by atoms with van der Waals surface area (Å²) >= 11 is 0. The average molecular weight is 229 g/mol. The van der Waals surface area contributed by atoms with Crippen molar-refractivity contribution in [2.45, 2.75) is 33.8 Å². The zero-order valence-electron chi connectivity index (χ0n) is 10.1. The fraction of sp³-hybridized carbons (Fsp3) is 0.818. The first-order valence-corrected chi connectivity index (χ1v) is 5.31. The van der Waals surface area contributed by atoms with E-state index in [1.807, 2.05) is 27.7 Å². The van der Waals surface area contributed by atoms with Gasteiger partial charge in [0.1, 0.15) is 0 Å². The maximum atomic E-state index is 11.7. The van der Waals surface area contributed by atoms with Gasteiger partial charge in [0.15, 0.2) is 6.10 Å². The third kappa shape index (κ3) is 1.91. The van der Waals surface area contributed by atoms with Crippen LogP contribution in [0.15, 0.2) is 0 Å². The molecule has 1 amide bonds. The van der Waals surface area contributed by atoms with Crippen molar-refractivity contribution in [1.82, 2.24) is 5.32 Å². The zero-order valence-corrected chi connectivity index (χ0v) is 10.1. The SMILES string of the molecule is CC1(C)C(C(=O)NCC(O)C(=O)O)C1(C)C. The highest BCUT2D eigenvalue weighted by Gasteiger charge is 2.68. The molecule has 0 heterocycles. The minimum atomic E-state index is -1.53. The van der Waals surface area contributed by atoms with Gasteiger partial charge in [-0.2, -0.15) is 0 Å². The molecule has 1 aliphatic rings. The minimum absolute atomic E-state index is 0.0781. The summed E-state index contributed by atoms with van der Waals surface area (Å²) in [5.41, 5.74) is -0.156. The van der Waals surface area contributed by atoms with Crippen molar-refractivity contribution >= 4 is 11.9 Å². The number of amides is 1. The minimum Gasteiger partial charge on any atom is -0.479 e. The maximum Gasteiger partial charge on any atom is 0.334 e. The number of carboxylic acid groups (broad SMARTS) is 1. The number of aliphatic hydroxyl groups excluding tert-OH is 1. The Labute approximate surface area is 94.8 Å². The van der Waals surface area contributed by atoms with E-state index in [1.54, 1.807) is 0 Å². The molecule has 5 nitrogen and oxygen atoms in total. The van der Waals surface area contributed by atoms with Gasteiger partial charge in [0, 0.05) is 5.92 Å². The Kier molecular flexibility index (Phi) is 3.02. The lowest BCUT2D eigenvalue weighted by Crippen LogP contribution is -2.38. The molecule has 0 aliphatic heterocycles. The van der Waals surface area contributed by atoms with Crippen LogP contribution in [0, 0.1) is 16.7 Å². The van der Waals surface area contributed by atoms with Gasteiger partial charge in [-0.1, -0.05) is 27.7 Å². The van der Waals surface area contributed by atoms with Crippen LogP contribution < -0.4 is 5.32 Å². The number of carbonyl (C=O) groups is 2. The Morgan fingerprint density at radius 1 is 1.25 bits per heavy atom. The lowest BCUT2D eigenvalue weighted by atomic mass is 10.0. The molecule has 0 aromatic carbocycles. The lowest BCUT2D eigenvalue weighted by molar-refractivity contribution is -0.146. The molecule has 0 aromatic heterocycles. The van der Waals surface area contributed by atoms with E-state index in [0.717, 1.165) is 0 Å². The van der Waals surface area contributed by atoms with Crippen LogP contribution in [0.4, 0.5) is 0 Å². The molecule has 0 spiro atoms. The number of rotatable bonds is 4. The van der Waals surface area contributed by atoms with Gasteiger partial charge in [-0.25, -0.2) is 4.79 Å². The van der Waals surface area contributed by atoms with E-state index >= 15 is 0 Å². The van der Waals surface area contributed by atoms with Gasteiger partial charge in [-0.3, -0.25) is 4.79 Å². The third-order valence-electron chi connectivity index (χ3n) is 4.04. The predicted octanol–water partition coefficient (Wildman–Crippen LogP) is 0.230. The second-order valence-corrected chi connectivity index (χ2v) is 5.48. The van der Waals surface area contributed by atoms with Gasteiger partial charge in [0.05, 0.1) is 6.54 Å². The number of carbonyl (C=O) groups excluding carboxylic acids is 1. The first-order valence-electron chi connectivity index (χ1n) is 5.31. The van der Waals surface area contributed by atoms with E-state index in [9.17, 15) is 9.59 Å². The van der Waals surface area contributed by atoms with E-state index in [2.05, 4.69) is 5.32 Å². The Bertz CT molecular complexity index is 308. The quantitative estimate of drug-likeness (QED) is 0.644. The third-order valence-corrected chi connectivity index (χ3v) is 4.04. The number of nitrogens with one attached hydrogen (secondary N) is 1. The summed E-state index contributed by atoms with van der Waals surface area (Å²) < 4.78 is 0. The number of carboxylic acids is 1. The van der Waals surface area contributed by atoms with Crippen molar-refractivity contribution in [2.24, 2.45) is 16.7 Å². The smallest absolute Gasteiger partial charge is 0.334 e. The van der Waals surface area contributed by atoms with E-state index in [1.165, 1.54) is 0 Å². The molecule has 1 fully saturated rings. The molecular weight excluding hydrogens is 210 g/mol. The monoisotopic (exact) mass is 229 g/mol. The van der Waals surface area contributed by atoms with Crippen molar-refractivity contribution in [3.8, 4) is 0 Å². The molecule has 92 valence electrons. The second kappa shape index (κ2) is 3.73. The fourth-order valence-electron chi connectivity index (χ4n) is 2.24. The van der Waals surface area contributed by atoms with Crippen LogP contribution in [-0.2, 0) is 9.59 Å². The van der Waals surface area contributed by atoms with Gasteiger partial charge in [-0.15, -0.1) is 0 Å². The van der Waals surface area contributed by atoms with Crippen molar-refractivity contribution in [3.63, 3.8) is 0 Å². The highest BCUT2D eigenvalue weighted by atomic mass is 16.4. The van der Waals surface area contributed by atoms with Gasteiger partial charge < -0.3 is 15.5 Å². The van der Waals surface area contributed by atoms with Crippen LogP contribution >= 0.6 is 0 Å². The van der Waals surface area contributed by atoms with Crippen LogP contribution in [0.25, 0.3) is 0 Å². The summed E-state index contributed by atoms with van der Waals surface area (Å²) in [7, 11) is 0. The molecule has 1 unspecified atom stereocenters. The standard InChI is InChI=1S/C11H19NO4/c1-10(2)7(11(10,3)4)8(14)12-5-6(13)9(15)16/h6-7,13H,5H2,1-4H3,(H,12,14)(H,15,16). The predicted molar refractivity (Wildman–Crippen MR) is 57.7 cm³/mol. The van der Waals surface area contributed by atoms with Crippen molar-refractivity contribution in [2.75, 3.05) is 6.54 Å². The molecule has 3 N–H and O–H groups in total. The Hall–Kier alpha value is -1.10. The topological polar surface area (TPSA) is 86.6 Å². The summed E-state index contributed by atoms with van der Waals surface area (Å²) in [6.07, 6.45) is -1.53. The molecule has 5 heteroatoms. The molecule has 0 aromatic rings. The molecule has 0 bridgehead atoms. The van der Waals surface area contributed by atoms with Gasteiger partial charge in [0.25, 0.3) is 0 Å². The molecule has 0 radical (unpaired) electrons. The van der Waals surface area contributed by atoms with Crippen LogP contribution in [0.2, 0.25) is 0 Å². The summed E-state index contributed by atoms with van der Waals surface area (Å²) in [5.74, 6) is -1.63. The van der Waals surface area contributed by atoms with Gasteiger partial charge in [0.2, 0.25) is 5.91 Å². The number of hydrogen-bond donors (Lipinski definition) is 3. The second-order valence-electron chi connectivity index (χ2n) is 5.48. The number of hydrogen-bond acceptors (Lipinski definition) is 3. The average Bonchev–Trinajstić information content (AvgIpc) is 2.53. The summed E-state index contributed by atoms with van der Waals surface area (Å²) in [4.78, 5) is 22.1. The first kappa shape index (κ1) is 13.0. The molecule has 0 saturated heterocycles. The van der Waals surface area contributed by atoms with Gasteiger partial charge >= 0.3 is 5.97 Å². The van der Waals surface area contributed by atoms with E-state index in [4.69, 9.17) is 10.2 Å². The molecule has 1 saturated carbocycles. The van der Waals surface area contributed by atoms with Crippen molar-refractivity contribution < 1.29 is 19.8 Å². The van der Waals surface area contributed by atoms with Gasteiger partial charge in [-0.05, 0) is 10.8 Å². The van der Waals surface area contributed by atoms with E-state index in [0.29, 0.717) is 0 Å². The summed E-state index contributed by atoms with van der Waals surface area (Å²) in [6.45, 7) is 7.78. The van der Waals surface area contributed by atoms with Crippen molar-refractivity contribution in [1.29, 1.82) is 0 Å². The highest BCUT2D eigenvalue weighted by Crippen LogP contribution is 2.68. The van der Waals surface area contributed by atoms with Crippen LogP contribution in [0.3, 0.4) is 0 Å². The van der Waals surface area contributed by atoms with E-state index < -0.39 is 12.1 Å². The maximum absolute atomic E-state index is 11.7.